The number of guanidine groups is 1. The lowest BCUT2D eigenvalue weighted by Gasteiger charge is -2.07. The second-order valence-corrected chi connectivity index (χ2v) is 1.91. The molecule has 0 bridgehead atoms. The van der Waals surface area contributed by atoms with E-state index in [0.29, 0.717) is 6.29 Å². The highest BCUT2D eigenvalue weighted by atomic mass is 16.6. The molecule has 0 rings (SSSR count). The normalized spacial score (nSPS) is 10.9. The Balaban J connectivity index is 3.50. The summed E-state index contributed by atoms with van der Waals surface area (Å²) in [6.45, 7) is -0.0519. The summed E-state index contributed by atoms with van der Waals surface area (Å²) in [5, 5.41) is 5.23. The number of hydroxylamine groups is 1. The van der Waals surface area contributed by atoms with Crippen LogP contribution in [-0.4, -0.2) is 38.0 Å². The van der Waals surface area contributed by atoms with Crippen LogP contribution in [0.15, 0.2) is 5.10 Å². The van der Waals surface area contributed by atoms with E-state index in [0.717, 1.165) is 0 Å². The Bertz CT molecular complexity index is 145. The molecule has 0 aliphatic heterocycles. The summed E-state index contributed by atoms with van der Waals surface area (Å²) in [5.41, 5.74) is 7.54. The van der Waals surface area contributed by atoms with E-state index in [1.54, 1.807) is 14.1 Å². The summed E-state index contributed by atoms with van der Waals surface area (Å²) in [6.07, 6.45) is 0.607. The van der Waals surface area contributed by atoms with Crippen molar-refractivity contribution in [2.24, 2.45) is 10.8 Å². The Morgan fingerprint density at radius 1 is 1.82 bits per heavy atom. The topological polar surface area (TPSA) is 79.9 Å². The number of hydrogen-bond acceptors (Lipinski definition) is 4. The van der Waals surface area contributed by atoms with E-state index in [9.17, 15) is 4.79 Å². The maximum Gasteiger partial charge on any atom is 0.235 e. The smallest absolute Gasteiger partial charge is 0.235 e. The third-order valence-electron chi connectivity index (χ3n) is 0.636. The average molecular weight is 160 g/mol. The number of nitrogens with zero attached hydrogens (tertiary/aromatic N) is 2. The van der Waals surface area contributed by atoms with Gasteiger partial charge in [-0.3, -0.25) is 9.85 Å². The van der Waals surface area contributed by atoms with Crippen molar-refractivity contribution in [3.05, 3.63) is 0 Å². The third-order valence-corrected chi connectivity index (χ3v) is 0.636. The molecule has 11 heavy (non-hydrogen) atoms. The standard InChI is InChI=1S/C5H12N4O2/c1-9(2)7-5(6)8-11-4-3-10/h3H,4H2,1-2H3,(H3,6,7,8). The molecule has 64 valence electrons. The highest BCUT2D eigenvalue weighted by molar-refractivity contribution is 5.76. The highest BCUT2D eigenvalue weighted by Gasteiger charge is 1.89. The van der Waals surface area contributed by atoms with Crippen molar-refractivity contribution in [1.82, 2.24) is 10.5 Å². The van der Waals surface area contributed by atoms with Crippen LogP contribution in [0.5, 0.6) is 0 Å². The van der Waals surface area contributed by atoms with Gasteiger partial charge in [-0.05, 0) is 0 Å². The van der Waals surface area contributed by atoms with Crippen molar-refractivity contribution < 1.29 is 9.63 Å². The third kappa shape index (κ3) is 6.59. The lowest BCUT2D eigenvalue weighted by molar-refractivity contribution is -0.113. The summed E-state index contributed by atoms with van der Waals surface area (Å²) in [4.78, 5) is 14.3. The van der Waals surface area contributed by atoms with Crippen molar-refractivity contribution in [1.29, 1.82) is 0 Å². The average Bonchev–Trinajstić information content (AvgIpc) is 1.86. The van der Waals surface area contributed by atoms with Gasteiger partial charge in [0.2, 0.25) is 5.96 Å². The molecule has 0 unspecified atom stereocenters. The predicted molar refractivity (Wildman–Crippen MR) is 40.5 cm³/mol. The minimum Gasteiger partial charge on any atom is -0.367 e. The zero-order valence-corrected chi connectivity index (χ0v) is 6.57. The Morgan fingerprint density at radius 2 is 2.45 bits per heavy atom. The summed E-state index contributed by atoms with van der Waals surface area (Å²) in [7, 11) is 3.43. The molecule has 0 amide bonds. The molecule has 0 aliphatic carbocycles. The van der Waals surface area contributed by atoms with Gasteiger partial charge in [0.25, 0.3) is 0 Å². The first kappa shape index (κ1) is 9.70. The number of nitrogens with two attached hydrogens (primary N) is 1. The quantitative estimate of drug-likeness (QED) is 0.172. The molecule has 0 fully saturated rings. The van der Waals surface area contributed by atoms with E-state index >= 15 is 0 Å². The minimum absolute atomic E-state index is 0.0519. The monoisotopic (exact) mass is 160 g/mol. The Labute approximate surface area is 64.9 Å². The first-order chi connectivity index (χ1) is 5.16. The van der Waals surface area contributed by atoms with Crippen molar-refractivity contribution in [3.63, 3.8) is 0 Å². The molecule has 0 aromatic heterocycles. The van der Waals surface area contributed by atoms with E-state index in [4.69, 9.17) is 5.73 Å². The van der Waals surface area contributed by atoms with Crippen molar-refractivity contribution in [2.75, 3.05) is 20.7 Å². The van der Waals surface area contributed by atoms with Crippen LogP contribution in [0.25, 0.3) is 0 Å². The molecule has 0 spiro atoms. The Hall–Kier alpha value is -1.30. The molecule has 0 saturated carbocycles. The largest absolute Gasteiger partial charge is 0.367 e. The van der Waals surface area contributed by atoms with E-state index in [-0.39, 0.29) is 12.6 Å². The molecule has 0 heterocycles. The second-order valence-electron chi connectivity index (χ2n) is 1.91. The number of aldehydes is 1. The first-order valence-electron chi connectivity index (χ1n) is 2.99. The molecule has 0 atom stereocenters. The van der Waals surface area contributed by atoms with E-state index in [2.05, 4.69) is 15.4 Å². The van der Waals surface area contributed by atoms with Gasteiger partial charge >= 0.3 is 0 Å². The Morgan fingerprint density at radius 3 is 2.91 bits per heavy atom. The maximum atomic E-state index is 9.75. The first-order valence-corrected chi connectivity index (χ1v) is 2.99. The van der Waals surface area contributed by atoms with Gasteiger partial charge in [-0.25, -0.2) is 5.48 Å². The number of nitrogens with one attached hydrogen (secondary N) is 1. The van der Waals surface area contributed by atoms with Crippen LogP contribution in [0.2, 0.25) is 0 Å². The van der Waals surface area contributed by atoms with Gasteiger partial charge in [0.15, 0.2) is 0 Å². The molecule has 0 aromatic carbocycles. The van der Waals surface area contributed by atoms with Crippen molar-refractivity contribution >= 4 is 12.2 Å². The summed E-state index contributed by atoms with van der Waals surface area (Å²) >= 11 is 0. The van der Waals surface area contributed by atoms with Crippen LogP contribution >= 0.6 is 0 Å². The van der Waals surface area contributed by atoms with Gasteiger partial charge in [0, 0.05) is 14.1 Å². The van der Waals surface area contributed by atoms with Gasteiger partial charge in [0.05, 0.1) is 0 Å². The van der Waals surface area contributed by atoms with Gasteiger partial charge < -0.3 is 10.5 Å². The zero-order chi connectivity index (χ0) is 8.69. The molecular formula is C5H12N4O2. The fourth-order valence-corrected chi connectivity index (χ4v) is 0.386. The van der Waals surface area contributed by atoms with E-state index in [1.165, 1.54) is 5.01 Å². The lowest BCUT2D eigenvalue weighted by atomic mass is 10.9. The van der Waals surface area contributed by atoms with Gasteiger partial charge in [-0.2, -0.15) is 0 Å². The Kier molecular flexibility index (Phi) is 4.83. The fraction of sp³-hybridized carbons (Fsp3) is 0.600. The lowest BCUT2D eigenvalue weighted by Crippen LogP contribution is -2.33. The summed E-state index contributed by atoms with van der Waals surface area (Å²) in [6, 6.07) is 0. The number of hydrogen-bond donors (Lipinski definition) is 2. The maximum absolute atomic E-state index is 9.75. The van der Waals surface area contributed by atoms with Gasteiger partial charge in [0.1, 0.15) is 12.9 Å². The van der Waals surface area contributed by atoms with Crippen LogP contribution in [0.1, 0.15) is 0 Å². The van der Waals surface area contributed by atoms with E-state index in [1.807, 2.05) is 0 Å². The molecule has 0 aliphatic rings. The molecule has 3 N–H and O–H groups in total. The van der Waals surface area contributed by atoms with Crippen LogP contribution in [0.4, 0.5) is 0 Å². The number of hydrazone groups is 1. The number of rotatable bonds is 4. The predicted octanol–water partition coefficient (Wildman–Crippen LogP) is -1.50. The minimum atomic E-state index is -0.0519. The van der Waals surface area contributed by atoms with Gasteiger partial charge in [-0.15, -0.1) is 5.10 Å². The van der Waals surface area contributed by atoms with Crippen molar-refractivity contribution in [2.45, 2.75) is 0 Å². The number of carbonyl (C=O) groups is 1. The van der Waals surface area contributed by atoms with Crippen LogP contribution in [0.3, 0.4) is 0 Å². The summed E-state index contributed by atoms with van der Waals surface area (Å²) < 4.78 is 0. The zero-order valence-electron chi connectivity index (χ0n) is 6.57. The van der Waals surface area contributed by atoms with Crippen LogP contribution < -0.4 is 11.2 Å². The highest BCUT2D eigenvalue weighted by Crippen LogP contribution is 1.72. The second kappa shape index (κ2) is 5.48. The van der Waals surface area contributed by atoms with E-state index < -0.39 is 0 Å². The summed E-state index contributed by atoms with van der Waals surface area (Å²) in [5.74, 6) is 0.108. The SMILES string of the molecule is CN(C)N=C(N)NOCC=O. The fourth-order valence-electron chi connectivity index (χ4n) is 0.386. The van der Waals surface area contributed by atoms with Gasteiger partial charge in [-0.1, -0.05) is 0 Å². The molecule has 6 heteroatoms. The molecule has 6 nitrogen and oxygen atoms in total. The molecule has 0 aromatic rings. The molecular weight excluding hydrogens is 148 g/mol. The molecule has 0 saturated heterocycles. The van der Waals surface area contributed by atoms with Crippen molar-refractivity contribution in [3.8, 4) is 0 Å². The van der Waals surface area contributed by atoms with Crippen LogP contribution in [-0.2, 0) is 9.63 Å². The van der Waals surface area contributed by atoms with Crippen LogP contribution in [0, 0.1) is 0 Å². The number of carbonyl (C=O) groups excluding carboxylic acids is 1. The molecule has 0 radical (unpaired) electrons.